The Balaban J connectivity index is 0.00000243. The summed E-state index contributed by atoms with van der Waals surface area (Å²) in [5.41, 5.74) is 9.61. The number of benzene rings is 2. The van der Waals surface area contributed by atoms with Crippen LogP contribution in [0.15, 0.2) is 42.5 Å². The minimum absolute atomic E-state index is 0. The van der Waals surface area contributed by atoms with Crippen molar-refractivity contribution in [1.29, 1.82) is 0 Å². The van der Waals surface area contributed by atoms with Crippen molar-refractivity contribution in [1.82, 2.24) is 5.32 Å². The zero-order valence-electron chi connectivity index (χ0n) is 14.1. The first-order valence-electron chi connectivity index (χ1n) is 8.22. The first-order valence-corrected chi connectivity index (χ1v) is 8.22. The van der Waals surface area contributed by atoms with E-state index in [1.807, 2.05) is 18.2 Å². The quantitative estimate of drug-likeness (QED) is 0.767. The lowest BCUT2D eigenvalue weighted by Crippen LogP contribution is -2.32. The minimum Gasteiger partial charge on any atom is -0.435 e. The van der Waals surface area contributed by atoms with Crippen molar-refractivity contribution in [3.05, 3.63) is 59.2 Å². The fourth-order valence-electron chi connectivity index (χ4n) is 3.20. The van der Waals surface area contributed by atoms with Crippen LogP contribution in [0, 0.1) is 0 Å². The molecule has 1 amide bonds. The van der Waals surface area contributed by atoms with E-state index in [4.69, 9.17) is 5.73 Å². The normalized spacial score (nSPS) is 15.7. The molecule has 26 heavy (non-hydrogen) atoms. The molecule has 1 unspecified atom stereocenters. The van der Waals surface area contributed by atoms with Crippen LogP contribution >= 0.6 is 12.4 Å². The number of nitrogens with two attached hydrogens (primary N) is 1. The number of alkyl halides is 2. The van der Waals surface area contributed by atoms with Crippen LogP contribution in [0.4, 0.5) is 14.5 Å². The first-order chi connectivity index (χ1) is 12.0. The molecule has 0 heterocycles. The first kappa shape index (κ1) is 20.0. The van der Waals surface area contributed by atoms with Crippen LogP contribution in [0.1, 0.15) is 35.6 Å². The summed E-state index contributed by atoms with van der Waals surface area (Å²) in [5, 5.41) is 3.06. The SMILES string of the molecule is Cl.Nc1ccc2c(c1)CCCC2NC(=O)Cc1ccc(OC(F)F)cc1. The van der Waals surface area contributed by atoms with E-state index in [0.717, 1.165) is 36.1 Å². The van der Waals surface area contributed by atoms with Crippen molar-refractivity contribution < 1.29 is 18.3 Å². The average Bonchev–Trinajstić information content (AvgIpc) is 2.56. The van der Waals surface area contributed by atoms with Crippen LogP contribution in [0.2, 0.25) is 0 Å². The fourth-order valence-corrected chi connectivity index (χ4v) is 3.20. The van der Waals surface area contributed by atoms with E-state index in [9.17, 15) is 13.6 Å². The molecule has 140 valence electrons. The van der Waals surface area contributed by atoms with E-state index in [-0.39, 0.29) is 36.5 Å². The lowest BCUT2D eigenvalue weighted by Gasteiger charge is -2.26. The van der Waals surface area contributed by atoms with Gasteiger partial charge in [-0.05, 0) is 60.2 Å². The monoisotopic (exact) mass is 382 g/mol. The summed E-state index contributed by atoms with van der Waals surface area (Å²) >= 11 is 0. The second-order valence-electron chi connectivity index (χ2n) is 6.17. The fraction of sp³-hybridized carbons (Fsp3) is 0.316. The maximum Gasteiger partial charge on any atom is 0.387 e. The van der Waals surface area contributed by atoms with Gasteiger partial charge in [0, 0.05) is 5.69 Å². The van der Waals surface area contributed by atoms with Gasteiger partial charge in [0.1, 0.15) is 5.75 Å². The van der Waals surface area contributed by atoms with E-state index in [0.29, 0.717) is 0 Å². The largest absolute Gasteiger partial charge is 0.435 e. The summed E-state index contributed by atoms with van der Waals surface area (Å²) in [7, 11) is 0. The Kier molecular flexibility index (Phi) is 6.80. The average molecular weight is 383 g/mol. The van der Waals surface area contributed by atoms with E-state index in [1.54, 1.807) is 12.1 Å². The molecular formula is C19H21ClF2N2O2. The lowest BCUT2D eigenvalue weighted by molar-refractivity contribution is -0.121. The highest BCUT2D eigenvalue weighted by atomic mass is 35.5. The molecule has 0 spiro atoms. The lowest BCUT2D eigenvalue weighted by atomic mass is 9.87. The second kappa shape index (κ2) is 8.85. The molecule has 2 aromatic rings. The van der Waals surface area contributed by atoms with Crippen LogP contribution in [0.3, 0.4) is 0 Å². The number of halogens is 3. The molecule has 3 rings (SSSR count). The Morgan fingerprint density at radius 3 is 2.65 bits per heavy atom. The number of fused-ring (bicyclic) bond motifs is 1. The highest BCUT2D eigenvalue weighted by molar-refractivity contribution is 5.85. The number of amides is 1. The molecule has 0 aliphatic heterocycles. The van der Waals surface area contributed by atoms with Crippen molar-refractivity contribution >= 4 is 24.0 Å². The molecular weight excluding hydrogens is 362 g/mol. The maximum absolute atomic E-state index is 12.3. The third-order valence-electron chi connectivity index (χ3n) is 4.33. The van der Waals surface area contributed by atoms with Gasteiger partial charge < -0.3 is 15.8 Å². The number of aryl methyl sites for hydroxylation is 1. The molecule has 1 aliphatic rings. The van der Waals surface area contributed by atoms with Crippen LogP contribution in [0.5, 0.6) is 5.75 Å². The van der Waals surface area contributed by atoms with Gasteiger partial charge in [-0.25, -0.2) is 0 Å². The molecule has 2 aromatic carbocycles. The predicted molar refractivity (Wildman–Crippen MR) is 98.7 cm³/mol. The Morgan fingerprint density at radius 2 is 1.96 bits per heavy atom. The van der Waals surface area contributed by atoms with Crippen molar-refractivity contribution in [3.63, 3.8) is 0 Å². The Bertz CT molecular complexity index is 754. The number of ether oxygens (including phenoxy) is 1. The number of carbonyl (C=O) groups excluding carboxylic acids is 1. The molecule has 0 radical (unpaired) electrons. The number of nitrogens with one attached hydrogen (secondary N) is 1. The molecule has 0 aromatic heterocycles. The summed E-state index contributed by atoms with van der Waals surface area (Å²) in [4.78, 5) is 12.3. The predicted octanol–water partition coefficient (Wildman–Crippen LogP) is 4.03. The van der Waals surface area contributed by atoms with Crippen molar-refractivity contribution in [2.45, 2.75) is 38.3 Å². The minimum atomic E-state index is -2.85. The number of rotatable bonds is 5. The molecule has 0 saturated heterocycles. The molecule has 0 fully saturated rings. The maximum atomic E-state index is 12.3. The Hall–Kier alpha value is -2.34. The third-order valence-corrected chi connectivity index (χ3v) is 4.33. The summed E-state index contributed by atoms with van der Waals surface area (Å²) < 4.78 is 28.6. The van der Waals surface area contributed by atoms with Gasteiger partial charge in [-0.1, -0.05) is 18.2 Å². The van der Waals surface area contributed by atoms with Crippen molar-refractivity contribution in [2.75, 3.05) is 5.73 Å². The van der Waals surface area contributed by atoms with Crippen LogP contribution in [0.25, 0.3) is 0 Å². The van der Waals surface area contributed by atoms with Gasteiger partial charge in [-0.3, -0.25) is 4.79 Å². The highest BCUT2D eigenvalue weighted by Crippen LogP contribution is 2.31. The van der Waals surface area contributed by atoms with Gasteiger partial charge in [0.25, 0.3) is 0 Å². The Labute approximate surface area is 157 Å². The summed E-state index contributed by atoms with van der Waals surface area (Å²) in [6, 6.07) is 11.9. The van der Waals surface area contributed by atoms with Gasteiger partial charge >= 0.3 is 6.61 Å². The second-order valence-corrected chi connectivity index (χ2v) is 6.17. The van der Waals surface area contributed by atoms with Crippen LogP contribution in [-0.2, 0) is 17.6 Å². The van der Waals surface area contributed by atoms with Crippen LogP contribution < -0.4 is 15.8 Å². The van der Waals surface area contributed by atoms with Crippen molar-refractivity contribution in [2.24, 2.45) is 0 Å². The molecule has 4 nitrogen and oxygen atoms in total. The summed E-state index contributed by atoms with van der Waals surface area (Å²) in [6.07, 6.45) is 3.05. The topological polar surface area (TPSA) is 64.3 Å². The number of nitrogen functional groups attached to an aromatic ring is 1. The number of hydrogen-bond acceptors (Lipinski definition) is 3. The van der Waals surface area contributed by atoms with E-state index >= 15 is 0 Å². The molecule has 1 aliphatic carbocycles. The zero-order valence-corrected chi connectivity index (χ0v) is 14.9. The molecule has 1 atom stereocenters. The smallest absolute Gasteiger partial charge is 0.387 e. The third kappa shape index (κ3) is 5.08. The van der Waals surface area contributed by atoms with E-state index < -0.39 is 6.61 Å². The number of anilines is 1. The van der Waals surface area contributed by atoms with Gasteiger partial charge in [-0.2, -0.15) is 8.78 Å². The summed E-state index contributed by atoms with van der Waals surface area (Å²) in [5.74, 6) is -0.0184. The standard InChI is InChI=1S/C19H20F2N2O2.ClH/c20-19(21)25-15-7-4-12(5-8-15)10-18(24)23-17-3-1-2-13-11-14(22)6-9-16(13)17;/h4-9,11,17,19H,1-3,10,22H2,(H,23,24);1H. The van der Waals surface area contributed by atoms with Gasteiger partial charge in [0.05, 0.1) is 12.5 Å². The van der Waals surface area contributed by atoms with Crippen LogP contribution in [-0.4, -0.2) is 12.5 Å². The highest BCUT2D eigenvalue weighted by Gasteiger charge is 2.21. The molecule has 0 bridgehead atoms. The summed E-state index contributed by atoms with van der Waals surface area (Å²) in [6.45, 7) is -2.85. The Morgan fingerprint density at radius 1 is 1.23 bits per heavy atom. The number of hydrogen-bond donors (Lipinski definition) is 2. The molecule has 7 heteroatoms. The van der Waals surface area contributed by atoms with Crippen molar-refractivity contribution in [3.8, 4) is 5.75 Å². The van der Waals surface area contributed by atoms with Gasteiger partial charge in [0.15, 0.2) is 0 Å². The number of carbonyl (C=O) groups is 1. The van der Waals surface area contributed by atoms with Gasteiger partial charge in [0.2, 0.25) is 5.91 Å². The van der Waals surface area contributed by atoms with E-state index in [1.165, 1.54) is 17.7 Å². The zero-order chi connectivity index (χ0) is 17.8. The molecule has 0 saturated carbocycles. The van der Waals surface area contributed by atoms with Gasteiger partial charge in [-0.15, -0.1) is 12.4 Å². The molecule has 3 N–H and O–H groups in total. The van der Waals surface area contributed by atoms with E-state index in [2.05, 4.69) is 10.1 Å².